The summed E-state index contributed by atoms with van der Waals surface area (Å²) in [5.74, 6) is -1.12. The van der Waals surface area contributed by atoms with Crippen molar-refractivity contribution in [2.75, 3.05) is 13.2 Å². The van der Waals surface area contributed by atoms with Gasteiger partial charge in [-0.2, -0.15) is 0 Å². The van der Waals surface area contributed by atoms with Crippen LogP contribution in [0.15, 0.2) is 122 Å². The normalized spacial score (nSPS) is 12.9. The van der Waals surface area contributed by atoms with Crippen LogP contribution >= 0.6 is 0 Å². The molecule has 0 aliphatic rings. The van der Waals surface area contributed by atoms with Crippen LogP contribution in [0.2, 0.25) is 0 Å². The first-order valence-corrected chi connectivity index (χ1v) is 32.0. The van der Waals surface area contributed by atoms with E-state index >= 15 is 0 Å². The van der Waals surface area contributed by atoms with Crippen LogP contribution in [0.4, 0.5) is 0 Å². The molecule has 0 aliphatic heterocycles. The summed E-state index contributed by atoms with van der Waals surface area (Å²) >= 11 is 0. The lowest BCUT2D eigenvalue weighted by atomic mass is 10.0. The molecule has 0 aromatic rings. The molecule has 1 atom stereocenters. The van der Waals surface area contributed by atoms with Gasteiger partial charge in [0.2, 0.25) is 0 Å². The van der Waals surface area contributed by atoms with Crippen molar-refractivity contribution in [3.63, 3.8) is 0 Å². The van der Waals surface area contributed by atoms with Crippen molar-refractivity contribution in [2.24, 2.45) is 0 Å². The number of ether oxygens (including phenoxy) is 3. The monoisotopic (exact) mass is 1070 g/mol. The molecule has 0 N–H and O–H groups in total. The highest BCUT2D eigenvalue weighted by atomic mass is 16.6. The third-order valence-electron chi connectivity index (χ3n) is 13.5. The fourth-order valence-corrected chi connectivity index (χ4v) is 8.79. The first-order valence-electron chi connectivity index (χ1n) is 32.0. The fourth-order valence-electron chi connectivity index (χ4n) is 8.79. The van der Waals surface area contributed by atoms with Gasteiger partial charge in [-0.25, -0.2) is 0 Å². The van der Waals surface area contributed by atoms with Gasteiger partial charge in [-0.3, -0.25) is 14.4 Å². The molecule has 0 saturated heterocycles. The van der Waals surface area contributed by atoms with Crippen molar-refractivity contribution >= 4 is 17.9 Å². The Morgan fingerprint density at radius 1 is 0.286 bits per heavy atom. The molecule has 0 aromatic carbocycles. The number of hydrogen-bond donors (Lipinski definition) is 0. The summed E-state index contributed by atoms with van der Waals surface area (Å²) < 4.78 is 16.7. The van der Waals surface area contributed by atoms with Crippen LogP contribution in [0.25, 0.3) is 0 Å². The van der Waals surface area contributed by atoms with Crippen molar-refractivity contribution in [2.45, 2.75) is 297 Å². The molecule has 0 spiro atoms. The summed E-state index contributed by atoms with van der Waals surface area (Å²) in [5, 5.41) is 0. The molecular weight excluding hydrogens is 949 g/mol. The summed E-state index contributed by atoms with van der Waals surface area (Å²) in [5.41, 5.74) is 0. The van der Waals surface area contributed by atoms with Crippen molar-refractivity contribution < 1.29 is 28.6 Å². The summed E-state index contributed by atoms with van der Waals surface area (Å²) in [6.07, 6.45) is 89.7. The number of carbonyl (C=O) groups excluding carboxylic acids is 3. The topological polar surface area (TPSA) is 78.9 Å². The molecule has 0 aromatic heterocycles. The third kappa shape index (κ3) is 62.5. The fraction of sp³-hybridized carbons (Fsp3) is 0.676. The van der Waals surface area contributed by atoms with Gasteiger partial charge in [0.1, 0.15) is 13.2 Å². The van der Waals surface area contributed by atoms with E-state index < -0.39 is 18.0 Å². The van der Waals surface area contributed by atoms with Crippen LogP contribution < -0.4 is 0 Å². The summed E-state index contributed by atoms with van der Waals surface area (Å²) in [6.45, 7) is 6.30. The van der Waals surface area contributed by atoms with E-state index in [1.165, 1.54) is 154 Å². The van der Waals surface area contributed by atoms with Crippen molar-refractivity contribution in [3.05, 3.63) is 122 Å². The Hall–Kier alpha value is -4.19. The number of hydrogen-bond acceptors (Lipinski definition) is 6. The second-order valence-corrected chi connectivity index (χ2v) is 20.9. The molecule has 0 rings (SSSR count). The minimum Gasteiger partial charge on any atom is -0.462 e. The van der Waals surface area contributed by atoms with Crippen molar-refractivity contribution in [1.82, 2.24) is 0 Å². The van der Waals surface area contributed by atoms with Crippen LogP contribution in [0.3, 0.4) is 0 Å². The molecule has 0 radical (unpaired) electrons. The average molecular weight is 1070 g/mol. The Morgan fingerprint density at radius 3 is 0.896 bits per heavy atom. The predicted molar refractivity (Wildman–Crippen MR) is 334 cm³/mol. The predicted octanol–water partition coefficient (Wildman–Crippen LogP) is 22.0. The van der Waals surface area contributed by atoms with Gasteiger partial charge in [0.15, 0.2) is 6.10 Å². The summed E-state index contributed by atoms with van der Waals surface area (Å²) in [7, 11) is 0. The minimum atomic E-state index is -0.851. The summed E-state index contributed by atoms with van der Waals surface area (Å²) in [6, 6.07) is 0. The van der Waals surface area contributed by atoms with Gasteiger partial charge in [0.05, 0.1) is 6.42 Å². The van der Waals surface area contributed by atoms with E-state index in [2.05, 4.69) is 130 Å². The zero-order chi connectivity index (χ0) is 55.7. The Labute approximate surface area is 475 Å². The van der Waals surface area contributed by atoms with E-state index in [9.17, 15) is 14.4 Å². The maximum Gasteiger partial charge on any atom is 0.309 e. The highest BCUT2D eigenvalue weighted by molar-refractivity contribution is 5.72. The average Bonchev–Trinajstić information content (AvgIpc) is 3.43. The third-order valence-corrected chi connectivity index (χ3v) is 13.5. The maximum atomic E-state index is 12.9. The number of carbonyl (C=O) groups is 3. The maximum absolute atomic E-state index is 12.9. The van der Waals surface area contributed by atoms with Crippen LogP contribution in [-0.2, 0) is 28.6 Å². The Bertz CT molecular complexity index is 1600. The lowest BCUT2D eigenvalue weighted by Crippen LogP contribution is -2.30. The van der Waals surface area contributed by atoms with Crippen LogP contribution in [-0.4, -0.2) is 37.2 Å². The molecule has 77 heavy (non-hydrogen) atoms. The first-order chi connectivity index (χ1) is 38.0. The SMILES string of the molecule is CC/C=C\C/C=C\C/C=C\C/C=C\C/C=C\CCCC(=O)OC(COC(=O)C/C=C\C/C=C\C/C=C\C/C=C\C/C=C\CC)COC(=O)CCCCCCCCCCCCCCCCCCCCCCCCCCCCC. The summed E-state index contributed by atoms with van der Waals surface area (Å²) in [4.78, 5) is 38.2. The van der Waals surface area contributed by atoms with E-state index in [0.29, 0.717) is 12.8 Å². The number of rotatable bonds is 57. The van der Waals surface area contributed by atoms with Gasteiger partial charge in [-0.05, 0) is 83.5 Å². The highest BCUT2D eigenvalue weighted by Gasteiger charge is 2.19. The molecular formula is C71H118O6. The molecule has 438 valence electrons. The van der Waals surface area contributed by atoms with Crippen molar-refractivity contribution in [1.29, 1.82) is 0 Å². The number of esters is 3. The van der Waals surface area contributed by atoms with E-state index in [0.717, 1.165) is 89.9 Å². The zero-order valence-corrected chi connectivity index (χ0v) is 50.2. The van der Waals surface area contributed by atoms with Gasteiger partial charge < -0.3 is 14.2 Å². The molecule has 0 aliphatic carbocycles. The molecule has 0 fully saturated rings. The number of unbranched alkanes of at least 4 members (excludes halogenated alkanes) is 27. The Balaban J connectivity index is 4.39. The van der Waals surface area contributed by atoms with Gasteiger partial charge >= 0.3 is 17.9 Å². The van der Waals surface area contributed by atoms with E-state index in [4.69, 9.17) is 14.2 Å². The van der Waals surface area contributed by atoms with Gasteiger partial charge in [0.25, 0.3) is 0 Å². The van der Waals surface area contributed by atoms with E-state index in [-0.39, 0.29) is 32.0 Å². The smallest absolute Gasteiger partial charge is 0.309 e. The Morgan fingerprint density at radius 2 is 0.558 bits per heavy atom. The van der Waals surface area contributed by atoms with Crippen LogP contribution in [0.1, 0.15) is 290 Å². The molecule has 0 saturated carbocycles. The Kier molecular flexibility index (Phi) is 60.8. The van der Waals surface area contributed by atoms with Crippen LogP contribution in [0.5, 0.6) is 0 Å². The molecule has 0 amide bonds. The largest absolute Gasteiger partial charge is 0.462 e. The quantitative estimate of drug-likeness (QED) is 0.0261. The zero-order valence-electron chi connectivity index (χ0n) is 50.2. The van der Waals surface area contributed by atoms with E-state index in [1.807, 2.05) is 6.08 Å². The first kappa shape index (κ1) is 72.8. The molecule has 6 heteroatoms. The van der Waals surface area contributed by atoms with Gasteiger partial charge in [-0.15, -0.1) is 0 Å². The lowest BCUT2D eigenvalue weighted by Gasteiger charge is -2.18. The molecule has 0 heterocycles. The molecule has 0 bridgehead atoms. The lowest BCUT2D eigenvalue weighted by molar-refractivity contribution is -0.166. The van der Waals surface area contributed by atoms with E-state index in [1.54, 1.807) is 6.08 Å². The molecule has 1 unspecified atom stereocenters. The highest BCUT2D eigenvalue weighted by Crippen LogP contribution is 2.17. The minimum absolute atomic E-state index is 0.112. The number of allylic oxidation sites excluding steroid dienone is 19. The van der Waals surface area contributed by atoms with Crippen LogP contribution in [0, 0.1) is 0 Å². The second-order valence-electron chi connectivity index (χ2n) is 20.9. The standard InChI is InChI=1S/C71H118O6/c1-4-7-10-13-16-19-22-25-28-30-31-32-33-34-35-36-37-38-39-41-43-46-49-52-55-58-61-64-70(73)76-67-68(66-75-69(72)63-60-57-54-51-48-45-42-27-24-21-18-15-12-9-6-3)77-71(74)65-62-59-56-53-50-47-44-40-29-26-23-20-17-14-11-8-5-2/h8-9,11-12,17-18,20-21,26-27,29,42,44,47-48,51,53,56-57,60,68H,4-7,10,13-16,19,22-25,28,30-41,43,45-46,49-50,52,54-55,58-59,61-67H2,1-3H3/b11-8-,12-9-,20-17-,21-18-,29-26-,42-27-,47-44-,51-48-,56-53-,60-57-. The second kappa shape index (κ2) is 64.3. The van der Waals surface area contributed by atoms with Gasteiger partial charge in [0, 0.05) is 12.8 Å². The van der Waals surface area contributed by atoms with Gasteiger partial charge in [-0.1, -0.05) is 309 Å². The molecule has 6 nitrogen and oxygen atoms in total. The van der Waals surface area contributed by atoms with Crippen molar-refractivity contribution in [3.8, 4) is 0 Å².